The van der Waals surface area contributed by atoms with Crippen LogP contribution in [0.25, 0.3) is 10.3 Å². The molecular weight excluding hydrogens is 236 g/mol. The summed E-state index contributed by atoms with van der Waals surface area (Å²) in [6, 6.07) is 0. The van der Waals surface area contributed by atoms with Crippen LogP contribution in [0, 0.1) is 0 Å². The average molecular weight is 250 g/mol. The molecule has 6 heteroatoms. The predicted octanol–water partition coefficient (Wildman–Crippen LogP) is 1.87. The third kappa shape index (κ3) is 2.21. The fourth-order valence-corrected chi connectivity index (χ4v) is 2.56. The molecule has 0 unspecified atom stereocenters. The molecule has 1 amide bonds. The van der Waals surface area contributed by atoms with Gasteiger partial charge in [0.15, 0.2) is 0 Å². The van der Waals surface area contributed by atoms with Crippen LogP contribution >= 0.6 is 11.3 Å². The van der Waals surface area contributed by atoms with Crippen molar-refractivity contribution >= 4 is 33.3 Å². The highest BCUT2D eigenvalue weighted by atomic mass is 32.1. The summed E-state index contributed by atoms with van der Waals surface area (Å²) in [6.45, 7) is 2.70. The van der Waals surface area contributed by atoms with Crippen molar-refractivity contribution in [3.8, 4) is 0 Å². The molecule has 0 spiro atoms. The molecule has 90 valence electrons. The van der Waals surface area contributed by atoms with Gasteiger partial charge in [0.2, 0.25) is 0 Å². The highest BCUT2D eigenvalue weighted by molar-refractivity contribution is 7.21. The van der Waals surface area contributed by atoms with E-state index in [0.717, 1.165) is 22.5 Å². The first-order valence-electron chi connectivity index (χ1n) is 5.47. The topological polar surface area (TPSA) is 66.9 Å². The lowest BCUT2D eigenvalue weighted by atomic mass is 10.3. The number of aromatic nitrogens is 2. The molecule has 0 saturated carbocycles. The van der Waals surface area contributed by atoms with Gasteiger partial charge in [-0.2, -0.15) is 0 Å². The lowest BCUT2D eigenvalue weighted by Gasteiger charge is -2.03. The fourth-order valence-electron chi connectivity index (χ4n) is 1.54. The van der Waals surface area contributed by atoms with Crippen LogP contribution in [0.2, 0.25) is 0 Å². The molecule has 0 aliphatic rings. The van der Waals surface area contributed by atoms with Gasteiger partial charge in [-0.05, 0) is 6.42 Å². The number of nitrogens with zero attached hydrogens (tertiary/aromatic N) is 2. The van der Waals surface area contributed by atoms with E-state index >= 15 is 0 Å². The van der Waals surface area contributed by atoms with Gasteiger partial charge in [-0.3, -0.25) is 4.79 Å². The third-order valence-corrected chi connectivity index (χ3v) is 3.40. The molecule has 0 atom stereocenters. The van der Waals surface area contributed by atoms with Crippen molar-refractivity contribution in [2.75, 3.05) is 18.9 Å². The van der Waals surface area contributed by atoms with E-state index in [4.69, 9.17) is 0 Å². The van der Waals surface area contributed by atoms with E-state index in [-0.39, 0.29) is 5.91 Å². The molecule has 5 nitrogen and oxygen atoms in total. The van der Waals surface area contributed by atoms with Crippen LogP contribution in [0.4, 0.5) is 5.69 Å². The Labute approximate surface area is 103 Å². The van der Waals surface area contributed by atoms with Gasteiger partial charge in [0, 0.05) is 26.0 Å². The molecule has 0 aliphatic heterocycles. The molecule has 0 fully saturated rings. The fraction of sp³-hybridized carbons (Fsp3) is 0.364. The first kappa shape index (κ1) is 11.8. The molecule has 2 N–H and O–H groups in total. The monoisotopic (exact) mass is 250 g/mol. The van der Waals surface area contributed by atoms with E-state index < -0.39 is 0 Å². The number of hydrogen-bond acceptors (Lipinski definition) is 5. The Balaban J connectivity index is 2.42. The van der Waals surface area contributed by atoms with Gasteiger partial charge < -0.3 is 10.6 Å². The molecule has 2 heterocycles. The zero-order valence-corrected chi connectivity index (χ0v) is 10.6. The highest BCUT2D eigenvalue weighted by Gasteiger charge is 2.18. The number of hydrogen-bond donors (Lipinski definition) is 2. The first-order valence-corrected chi connectivity index (χ1v) is 6.29. The van der Waals surface area contributed by atoms with Gasteiger partial charge in [-0.25, -0.2) is 9.97 Å². The van der Waals surface area contributed by atoms with Crippen molar-refractivity contribution in [2.24, 2.45) is 0 Å². The highest BCUT2D eigenvalue weighted by Crippen LogP contribution is 2.32. The van der Waals surface area contributed by atoms with Crippen LogP contribution in [-0.4, -0.2) is 29.5 Å². The van der Waals surface area contributed by atoms with Crippen molar-refractivity contribution in [1.29, 1.82) is 0 Å². The third-order valence-electron chi connectivity index (χ3n) is 2.32. The zero-order valence-electron chi connectivity index (χ0n) is 9.78. The summed E-state index contributed by atoms with van der Waals surface area (Å²) < 4.78 is 0. The molecule has 0 aliphatic carbocycles. The molecular formula is C11H14N4OS. The standard InChI is InChI=1S/C11H14N4OS/c1-3-4-14-10(16)9-7(12-2)8-11(17-9)15-6-5-13-8/h5-6,12H,3-4H2,1-2H3,(H,14,16). The largest absolute Gasteiger partial charge is 0.385 e. The maximum atomic E-state index is 12.0. The van der Waals surface area contributed by atoms with Crippen molar-refractivity contribution in [2.45, 2.75) is 13.3 Å². The van der Waals surface area contributed by atoms with E-state index in [2.05, 4.69) is 20.6 Å². The van der Waals surface area contributed by atoms with E-state index in [0.29, 0.717) is 11.4 Å². The SMILES string of the molecule is CCCNC(=O)c1sc2nccnc2c1NC. The van der Waals surface area contributed by atoms with Crippen LogP contribution in [0.1, 0.15) is 23.0 Å². The second-order valence-corrected chi connectivity index (χ2v) is 4.52. The summed E-state index contributed by atoms with van der Waals surface area (Å²) in [4.78, 5) is 21.8. The quantitative estimate of drug-likeness (QED) is 0.869. The lowest BCUT2D eigenvalue weighted by Crippen LogP contribution is -2.23. The Morgan fingerprint density at radius 3 is 2.88 bits per heavy atom. The Bertz CT molecular complexity index is 537. The summed E-state index contributed by atoms with van der Waals surface area (Å²) in [6.07, 6.45) is 4.18. The zero-order chi connectivity index (χ0) is 12.3. The second-order valence-electron chi connectivity index (χ2n) is 3.52. The molecule has 2 rings (SSSR count). The Kier molecular flexibility index (Phi) is 3.53. The number of nitrogens with one attached hydrogen (secondary N) is 2. The molecule has 0 saturated heterocycles. The predicted molar refractivity (Wildman–Crippen MR) is 69.6 cm³/mol. The van der Waals surface area contributed by atoms with Crippen molar-refractivity contribution in [3.05, 3.63) is 17.3 Å². The van der Waals surface area contributed by atoms with Crippen molar-refractivity contribution in [3.63, 3.8) is 0 Å². The van der Waals surface area contributed by atoms with Crippen LogP contribution in [0.5, 0.6) is 0 Å². The summed E-state index contributed by atoms with van der Waals surface area (Å²) in [7, 11) is 1.78. The van der Waals surface area contributed by atoms with Gasteiger partial charge in [0.1, 0.15) is 15.2 Å². The minimum absolute atomic E-state index is 0.0685. The van der Waals surface area contributed by atoms with Crippen LogP contribution in [-0.2, 0) is 0 Å². The molecule has 0 bridgehead atoms. The van der Waals surface area contributed by atoms with Crippen molar-refractivity contribution in [1.82, 2.24) is 15.3 Å². The first-order chi connectivity index (χ1) is 8.27. The van der Waals surface area contributed by atoms with Crippen LogP contribution in [0.3, 0.4) is 0 Å². The smallest absolute Gasteiger partial charge is 0.263 e. The van der Waals surface area contributed by atoms with E-state index in [1.807, 2.05) is 6.92 Å². The Morgan fingerprint density at radius 1 is 1.41 bits per heavy atom. The Morgan fingerprint density at radius 2 is 2.18 bits per heavy atom. The number of rotatable bonds is 4. The van der Waals surface area contributed by atoms with E-state index in [1.54, 1.807) is 19.4 Å². The maximum absolute atomic E-state index is 12.0. The summed E-state index contributed by atoms with van der Waals surface area (Å²) >= 11 is 1.36. The van der Waals surface area contributed by atoms with E-state index in [9.17, 15) is 4.79 Å². The summed E-state index contributed by atoms with van der Waals surface area (Å²) in [5.74, 6) is -0.0685. The number of carbonyl (C=O) groups excluding carboxylic acids is 1. The number of carbonyl (C=O) groups is 1. The van der Waals surface area contributed by atoms with Crippen LogP contribution in [0.15, 0.2) is 12.4 Å². The van der Waals surface area contributed by atoms with Gasteiger partial charge in [0.05, 0.1) is 5.69 Å². The molecule has 17 heavy (non-hydrogen) atoms. The molecule has 2 aromatic heterocycles. The lowest BCUT2D eigenvalue weighted by molar-refractivity contribution is 0.0958. The number of thiophene rings is 1. The van der Waals surface area contributed by atoms with Crippen LogP contribution < -0.4 is 10.6 Å². The van der Waals surface area contributed by atoms with Gasteiger partial charge in [-0.1, -0.05) is 6.92 Å². The van der Waals surface area contributed by atoms with Gasteiger partial charge in [0.25, 0.3) is 5.91 Å². The van der Waals surface area contributed by atoms with Crippen molar-refractivity contribution < 1.29 is 4.79 Å². The molecule has 0 aromatic carbocycles. The maximum Gasteiger partial charge on any atom is 0.263 e. The van der Waals surface area contributed by atoms with E-state index in [1.165, 1.54) is 11.3 Å². The normalized spacial score (nSPS) is 10.5. The average Bonchev–Trinajstić information content (AvgIpc) is 2.74. The summed E-state index contributed by atoms with van der Waals surface area (Å²) in [5, 5.41) is 5.88. The minimum Gasteiger partial charge on any atom is -0.385 e. The number of anilines is 1. The number of amides is 1. The second kappa shape index (κ2) is 5.09. The van der Waals surface area contributed by atoms with Gasteiger partial charge >= 0.3 is 0 Å². The molecule has 2 aromatic rings. The minimum atomic E-state index is -0.0685. The van der Waals surface area contributed by atoms with Gasteiger partial charge in [-0.15, -0.1) is 11.3 Å². The Hall–Kier alpha value is -1.69. The summed E-state index contributed by atoms with van der Waals surface area (Å²) in [5.41, 5.74) is 1.51. The molecule has 0 radical (unpaired) electrons. The number of fused-ring (bicyclic) bond motifs is 1.